The summed E-state index contributed by atoms with van der Waals surface area (Å²) in [5, 5.41) is 0.856. The Morgan fingerprint density at radius 3 is 2.67 bits per heavy atom. The van der Waals surface area contributed by atoms with Crippen molar-refractivity contribution in [3.63, 3.8) is 0 Å². The molecule has 0 spiro atoms. The lowest BCUT2D eigenvalue weighted by Gasteiger charge is -2.36. The first-order chi connectivity index (χ1) is 16.0. The van der Waals surface area contributed by atoms with Gasteiger partial charge in [0.25, 0.3) is 0 Å². The molecule has 0 radical (unpaired) electrons. The van der Waals surface area contributed by atoms with Crippen molar-refractivity contribution in [2.24, 2.45) is 0 Å². The number of aromatic nitrogens is 3. The van der Waals surface area contributed by atoms with Gasteiger partial charge in [-0.2, -0.15) is 0 Å². The Kier molecular flexibility index (Phi) is 7.83. The van der Waals surface area contributed by atoms with Gasteiger partial charge in [-0.15, -0.1) is 0 Å². The average Bonchev–Trinajstić information content (AvgIpc) is 3.32. The Labute approximate surface area is 201 Å². The van der Waals surface area contributed by atoms with E-state index in [-0.39, 0.29) is 5.91 Å². The molecule has 7 heteroatoms. The molecule has 0 N–H and O–H groups in total. The van der Waals surface area contributed by atoms with E-state index < -0.39 is 0 Å². The Morgan fingerprint density at radius 2 is 1.91 bits per heavy atom. The van der Waals surface area contributed by atoms with Gasteiger partial charge in [0.05, 0.1) is 11.4 Å². The number of nitrogens with zero attached hydrogens (tertiary/aromatic N) is 5. The highest BCUT2D eigenvalue weighted by molar-refractivity contribution is 7.99. The largest absolute Gasteiger partial charge is 0.342 e. The number of carbonyl (C=O) groups is 1. The van der Waals surface area contributed by atoms with E-state index >= 15 is 0 Å². The summed E-state index contributed by atoms with van der Waals surface area (Å²) >= 11 is 1.51. The van der Waals surface area contributed by atoms with E-state index in [1.807, 2.05) is 36.5 Å². The third-order valence-corrected chi connectivity index (χ3v) is 7.63. The summed E-state index contributed by atoms with van der Waals surface area (Å²) in [6.07, 6.45) is 8.65. The molecule has 2 aromatic heterocycles. The van der Waals surface area contributed by atoms with Crippen LogP contribution in [-0.4, -0.2) is 68.7 Å². The van der Waals surface area contributed by atoms with Crippen LogP contribution in [0.3, 0.4) is 0 Å². The lowest BCUT2D eigenvalue weighted by Crippen LogP contribution is -2.46. The van der Waals surface area contributed by atoms with Crippen molar-refractivity contribution in [2.75, 3.05) is 32.4 Å². The quantitative estimate of drug-likeness (QED) is 0.470. The fourth-order valence-corrected chi connectivity index (χ4v) is 5.25. The topological polar surface area (TPSA) is 54.3 Å². The number of amides is 1. The first-order valence-corrected chi connectivity index (χ1v) is 12.6. The maximum absolute atomic E-state index is 12.9. The molecule has 1 fully saturated rings. The maximum Gasteiger partial charge on any atom is 0.233 e. The van der Waals surface area contributed by atoms with Gasteiger partial charge in [0.1, 0.15) is 0 Å². The number of thioether (sulfide) groups is 1. The third kappa shape index (κ3) is 5.84. The van der Waals surface area contributed by atoms with Crippen molar-refractivity contribution in [2.45, 2.75) is 44.3 Å². The molecule has 6 nitrogen and oxygen atoms in total. The van der Waals surface area contributed by atoms with E-state index in [9.17, 15) is 4.79 Å². The number of carbonyl (C=O) groups excluding carboxylic acids is 1. The van der Waals surface area contributed by atoms with Crippen molar-refractivity contribution < 1.29 is 4.79 Å². The molecule has 0 aliphatic carbocycles. The van der Waals surface area contributed by atoms with Gasteiger partial charge >= 0.3 is 0 Å². The number of imidazole rings is 1. The molecule has 1 aliphatic rings. The zero-order valence-electron chi connectivity index (χ0n) is 19.8. The molecule has 0 bridgehead atoms. The number of hydrogen-bond acceptors (Lipinski definition) is 5. The molecule has 33 heavy (non-hydrogen) atoms. The first kappa shape index (κ1) is 23.5. The summed E-state index contributed by atoms with van der Waals surface area (Å²) in [5.41, 5.74) is 4.74. The van der Waals surface area contributed by atoms with Gasteiger partial charge in [0.15, 0.2) is 5.16 Å². The standard InChI is InChI=1S/C26H33N5OS/c1-20-7-6-9-24(21(20)2)31-18-14-28-26(31)33-19-25(32)29(3)23-11-16-30(17-12-23)15-10-22-8-4-5-13-27-22/h4-9,13-14,18,23H,10-12,15-17,19H2,1-3H3. The monoisotopic (exact) mass is 463 g/mol. The predicted octanol–water partition coefficient (Wildman–Crippen LogP) is 4.14. The van der Waals surface area contributed by atoms with Crippen molar-refractivity contribution in [3.05, 3.63) is 71.8 Å². The molecular weight excluding hydrogens is 430 g/mol. The van der Waals surface area contributed by atoms with Gasteiger partial charge in [0.2, 0.25) is 5.91 Å². The third-order valence-electron chi connectivity index (χ3n) is 6.68. The van der Waals surface area contributed by atoms with Crippen LogP contribution in [0.1, 0.15) is 29.7 Å². The lowest BCUT2D eigenvalue weighted by atomic mass is 10.0. The zero-order valence-corrected chi connectivity index (χ0v) is 20.6. The highest BCUT2D eigenvalue weighted by atomic mass is 32.2. The second-order valence-corrected chi connectivity index (χ2v) is 9.68. The fourth-order valence-electron chi connectivity index (χ4n) is 4.36. The summed E-state index contributed by atoms with van der Waals surface area (Å²) in [4.78, 5) is 26.3. The molecule has 0 saturated carbocycles. The highest BCUT2D eigenvalue weighted by Crippen LogP contribution is 2.25. The lowest BCUT2D eigenvalue weighted by molar-refractivity contribution is -0.129. The smallest absolute Gasteiger partial charge is 0.233 e. The normalized spacial score (nSPS) is 15.0. The summed E-state index contributed by atoms with van der Waals surface area (Å²) in [6.45, 7) is 7.32. The van der Waals surface area contributed by atoms with Crippen LogP contribution in [0.15, 0.2) is 60.1 Å². The number of benzene rings is 1. The molecule has 3 aromatic rings. The zero-order chi connectivity index (χ0) is 23.2. The number of aryl methyl sites for hydroxylation is 1. The average molecular weight is 464 g/mol. The van der Waals surface area contributed by atoms with E-state index in [0.717, 1.165) is 55.4 Å². The molecule has 174 valence electrons. The minimum absolute atomic E-state index is 0.169. The van der Waals surface area contributed by atoms with Crippen LogP contribution in [0.5, 0.6) is 0 Å². The van der Waals surface area contributed by atoms with Crippen LogP contribution in [0, 0.1) is 13.8 Å². The van der Waals surface area contributed by atoms with E-state index in [0.29, 0.717) is 11.8 Å². The SMILES string of the molecule is Cc1cccc(-n2ccnc2SCC(=O)N(C)C2CCN(CCc3ccccn3)CC2)c1C. The molecular formula is C26H33N5OS. The van der Waals surface area contributed by atoms with Gasteiger partial charge in [-0.05, 0) is 56.0 Å². The van der Waals surface area contributed by atoms with Crippen LogP contribution in [0.25, 0.3) is 5.69 Å². The summed E-state index contributed by atoms with van der Waals surface area (Å²) in [6, 6.07) is 12.7. The van der Waals surface area contributed by atoms with Crippen LogP contribution in [0.4, 0.5) is 0 Å². The Hall–Kier alpha value is -2.64. The molecule has 4 rings (SSSR count). The van der Waals surface area contributed by atoms with Gasteiger partial charge in [-0.1, -0.05) is 30.0 Å². The Morgan fingerprint density at radius 1 is 1.09 bits per heavy atom. The summed E-state index contributed by atoms with van der Waals surface area (Å²) in [7, 11) is 1.95. The molecule has 1 aromatic carbocycles. The van der Waals surface area contributed by atoms with Crippen molar-refractivity contribution >= 4 is 17.7 Å². The number of pyridine rings is 1. The molecule has 3 heterocycles. The first-order valence-electron chi connectivity index (χ1n) is 11.6. The minimum Gasteiger partial charge on any atom is -0.342 e. The van der Waals surface area contributed by atoms with Gasteiger partial charge in [-0.25, -0.2) is 4.98 Å². The van der Waals surface area contributed by atoms with Gasteiger partial charge in [0, 0.05) is 63.4 Å². The van der Waals surface area contributed by atoms with Crippen molar-refractivity contribution in [3.8, 4) is 5.69 Å². The number of piperidine rings is 1. The number of rotatable bonds is 8. The summed E-state index contributed by atoms with van der Waals surface area (Å²) in [5.74, 6) is 0.570. The van der Waals surface area contributed by atoms with Crippen molar-refractivity contribution in [1.82, 2.24) is 24.3 Å². The highest BCUT2D eigenvalue weighted by Gasteiger charge is 2.25. The van der Waals surface area contributed by atoms with E-state index in [1.165, 1.54) is 22.9 Å². The molecule has 1 saturated heterocycles. The van der Waals surface area contributed by atoms with E-state index in [1.54, 1.807) is 6.20 Å². The summed E-state index contributed by atoms with van der Waals surface area (Å²) < 4.78 is 2.08. The molecule has 1 aliphatic heterocycles. The Bertz CT molecular complexity index is 1060. The van der Waals surface area contributed by atoms with E-state index in [4.69, 9.17) is 0 Å². The fraction of sp³-hybridized carbons (Fsp3) is 0.423. The van der Waals surface area contributed by atoms with Crippen LogP contribution < -0.4 is 0 Å². The van der Waals surface area contributed by atoms with Crippen LogP contribution >= 0.6 is 11.8 Å². The number of likely N-dealkylation sites (tertiary alicyclic amines) is 1. The predicted molar refractivity (Wildman–Crippen MR) is 134 cm³/mol. The minimum atomic E-state index is 0.169. The van der Waals surface area contributed by atoms with Crippen LogP contribution in [0.2, 0.25) is 0 Å². The van der Waals surface area contributed by atoms with Gasteiger partial charge in [-0.3, -0.25) is 14.3 Å². The molecule has 0 atom stereocenters. The second-order valence-electron chi connectivity index (χ2n) is 8.74. The van der Waals surface area contributed by atoms with Gasteiger partial charge < -0.3 is 9.80 Å². The molecule has 0 unspecified atom stereocenters. The molecule has 1 amide bonds. The maximum atomic E-state index is 12.9. The number of hydrogen-bond donors (Lipinski definition) is 0. The van der Waals surface area contributed by atoms with Crippen molar-refractivity contribution in [1.29, 1.82) is 0 Å². The van der Waals surface area contributed by atoms with Crippen LogP contribution in [-0.2, 0) is 11.2 Å². The second kappa shape index (κ2) is 11.0. The van der Waals surface area contributed by atoms with E-state index in [2.05, 4.69) is 57.5 Å². The Balaban J connectivity index is 1.26.